The summed E-state index contributed by atoms with van der Waals surface area (Å²) in [5.41, 5.74) is 0.478. The summed E-state index contributed by atoms with van der Waals surface area (Å²) >= 11 is 0. The minimum Gasteiger partial charge on any atom is -0.404 e. The molecule has 2 bridgehead atoms. The van der Waals surface area contributed by atoms with E-state index in [0.29, 0.717) is 42.0 Å². The Labute approximate surface area is 267 Å². The van der Waals surface area contributed by atoms with E-state index in [9.17, 15) is 9.59 Å². The van der Waals surface area contributed by atoms with Gasteiger partial charge in [-0.3, -0.25) is 14.3 Å². The van der Waals surface area contributed by atoms with Crippen LogP contribution in [0.1, 0.15) is 96.2 Å². The molecular weight excluding hydrogens is 569 g/mol. The average Bonchev–Trinajstić information content (AvgIpc) is 3.73. The third-order valence-electron chi connectivity index (χ3n) is 10.7. The third kappa shape index (κ3) is 5.94. The number of benzene rings is 1. The Bertz CT molecular complexity index is 1440. The molecule has 10 nitrogen and oxygen atoms in total. The van der Waals surface area contributed by atoms with Crippen molar-refractivity contribution in [3.63, 3.8) is 0 Å². The highest BCUT2D eigenvalue weighted by Crippen LogP contribution is 2.65. The van der Waals surface area contributed by atoms with Crippen LogP contribution in [0.2, 0.25) is 0 Å². The van der Waals surface area contributed by atoms with Crippen molar-refractivity contribution in [2.75, 3.05) is 6.54 Å². The van der Waals surface area contributed by atoms with Gasteiger partial charge in [-0.15, -0.1) is 0 Å². The maximum Gasteiger partial charge on any atom is 0.481 e. The lowest BCUT2D eigenvalue weighted by atomic mass is 9.43. The van der Waals surface area contributed by atoms with E-state index in [4.69, 9.17) is 14.1 Å². The molecule has 2 aliphatic heterocycles. The molecule has 2 aromatic rings. The van der Waals surface area contributed by atoms with Crippen molar-refractivity contribution in [1.82, 2.24) is 20.4 Å². The number of oxime groups is 1. The minimum atomic E-state index is -1.27. The zero-order valence-corrected chi connectivity index (χ0v) is 27.7. The van der Waals surface area contributed by atoms with E-state index in [1.165, 1.54) is 6.42 Å². The summed E-state index contributed by atoms with van der Waals surface area (Å²) in [5.74, 6) is 0.474. The Hall–Kier alpha value is -3.18. The second kappa shape index (κ2) is 11.9. The zero-order chi connectivity index (χ0) is 32.1. The van der Waals surface area contributed by atoms with Gasteiger partial charge in [0.05, 0.1) is 29.9 Å². The molecule has 6 atom stereocenters. The molecule has 1 aromatic heterocycles. The Kier molecular flexibility index (Phi) is 8.39. The van der Waals surface area contributed by atoms with Gasteiger partial charge in [0.15, 0.2) is 0 Å². The summed E-state index contributed by atoms with van der Waals surface area (Å²) in [6.07, 6.45) is 5.24. The van der Waals surface area contributed by atoms with Crippen molar-refractivity contribution in [2.24, 2.45) is 28.3 Å². The number of aromatic nitrogens is 2. The van der Waals surface area contributed by atoms with E-state index in [1.54, 1.807) is 16.9 Å². The van der Waals surface area contributed by atoms with E-state index < -0.39 is 12.7 Å². The smallest absolute Gasteiger partial charge is 0.404 e. The van der Waals surface area contributed by atoms with Crippen LogP contribution in [-0.4, -0.2) is 64.2 Å². The summed E-state index contributed by atoms with van der Waals surface area (Å²) < 4.78 is 15.2. The Morgan fingerprint density at radius 1 is 1.09 bits per heavy atom. The maximum atomic E-state index is 14.3. The fourth-order valence-electron chi connectivity index (χ4n) is 8.00. The molecule has 4 fully saturated rings. The molecule has 1 unspecified atom stereocenters. The summed E-state index contributed by atoms with van der Waals surface area (Å²) in [6.45, 7) is 15.3. The first kappa shape index (κ1) is 31.8. The van der Waals surface area contributed by atoms with E-state index in [1.807, 2.05) is 44.2 Å². The molecule has 3 heterocycles. The van der Waals surface area contributed by atoms with Gasteiger partial charge in [0.25, 0.3) is 11.8 Å². The highest BCUT2D eigenvalue weighted by atomic mass is 16.7. The van der Waals surface area contributed by atoms with Crippen LogP contribution in [0.25, 0.3) is 0 Å². The van der Waals surface area contributed by atoms with Gasteiger partial charge in [-0.05, 0) is 74.8 Å². The van der Waals surface area contributed by atoms with Gasteiger partial charge in [0.2, 0.25) is 5.60 Å². The molecule has 7 rings (SSSR count). The lowest BCUT2D eigenvalue weighted by Gasteiger charge is -2.64. The quantitative estimate of drug-likeness (QED) is 0.352. The second-order valence-electron chi connectivity index (χ2n) is 15.1. The van der Waals surface area contributed by atoms with Crippen molar-refractivity contribution >= 4 is 24.6 Å². The highest BCUT2D eigenvalue weighted by Gasteiger charge is 2.68. The summed E-state index contributed by atoms with van der Waals surface area (Å²) in [6, 6.07) is 11.7. The zero-order valence-electron chi connectivity index (χ0n) is 27.7. The minimum absolute atomic E-state index is 0.0253. The van der Waals surface area contributed by atoms with Crippen molar-refractivity contribution in [2.45, 2.75) is 110 Å². The summed E-state index contributed by atoms with van der Waals surface area (Å²) in [4.78, 5) is 33.2. The van der Waals surface area contributed by atoms with Crippen LogP contribution in [0.15, 0.2) is 47.8 Å². The maximum absolute atomic E-state index is 14.3. The van der Waals surface area contributed by atoms with Gasteiger partial charge < -0.3 is 24.8 Å². The van der Waals surface area contributed by atoms with Gasteiger partial charge in [0, 0.05) is 25.1 Å². The van der Waals surface area contributed by atoms with Gasteiger partial charge >= 0.3 is 7.12 Å². The number of carbonyl (C=O) groups excluding carboxylic acids is 2. The fraction of sp³-hybridized carbons (Fsp3) is 0.647. The second-order valence-corrected chi connectivity index (χ2v) is 15.1. The van der Waals surface area contributed by atoms with Crippen LogP contribution in [0.4, 0.5) is 0 Å². The number of rotatable bonds is 11. The van der Waals surface area contributed by atoms with Crippen molar-refractivity contribution < 1.29 is 23.7 Å². The molecule has 2 N–H and O–H groups in total. The van der Waals surface area contributed by atoms with Crippen LogP contribution < -0.4 is 10.6 Å². The lowest BCUT2D eigenvalue weighted by Crippen LogP contribution is -2.65. The van der Waals surface area contributed by atoms with Crippen LogP contribution in [0, 0.1) is 23.2 Å². The molecule has 242 valence electrons. The largest absolute Gasteiger partial charge is 0.481 e. The van der Waals surface area contributed by atoms with E-state index in [2.05, 4.69) is 55.5 Å². The fourth-order valence-corrected chi connectivity index (χ4v) is 8.00. The number of hydrogen-bond donors (Lipinski definition) is 2. The van der Waals surface area contributed by atoms with Gasteiger partial charge in [0.1, 0.15) is 5.69 Å². The highest BCUT2D eigenvalue weighted by molar-refractivity contribution is 6.48. The molecule has 3 saturated carbocycles. The third-order valence-corrected chi connectivity index (χ3v) is 10.7. The molecule has 5 aliphatic rings. The first-order valence-corrected chi connectivity index (χ1v) is 16.6. The van der Waals surface area contributed by atoms with Gasteiger partial charge in [-0.25, -0.2) is 0 Å². The molecule has 1 aromatic carbocycles. The topological polar surface area (TPSA) is 116 Å². The molecule has 0 spiro atoms. The van der Waals surface area contributed by atoms with E-state index >= 15 is 0 Å². The van der Waals surface area contributed by atoms with Crippen molar-refractivity contribution in [3.05, 3.63) is 53.9 Å². The Morgan fingerprint density at radius 2 is 1.84 bits per heavy atom. The van der Waals surface area contributed by atoms with Crippen LogP contribution in [-0.2, 0) is 25.4 Å². The number of carbonyl (C=O) groups is 2. The normalized spacial score (nSPS) is 30.4. The van der Waals surface area contributed by atoms with Crippen LogP contribution in [0.5, 0.6) is 0 Å². The number of hydrogen-bond acceptors (Lipinski definition) is 7. The molecule has 0 radical (unpaired) electrons. The monoisotopic (exact) mass is 617 g/mol. The molecular formula is C34H48BN5O5. The first-order valence-electron chi connectivity index (χ1n) is 16.6. The Morgan fingerprint density at radius 3 is 2.51 bits per heavy atom. The van der Waals surface area contributed by atoms with Crippen LogP contribution >= 0.6 is 0 Å². The number of nitrogens with one attached hydrogen (secondary N) is 2. The first-order chi connectivity index (χ1) is 21.3. The number of nitrogens with zero attached hydrogens (tertiary/aromatic N) is 3. The molecule has 11 heteroatoms. The Balaban J connectivity index is 1.17. The van der Waals surface area contributed by atoms with Gasteiger partial charge in [-0.1, -0.05) is 63.2 Å². The van der Waals surface area contributed by atoms with E-state index in [-0.39, 0.29) is 53.9 Å². The lowest BCUT2D eigenvalue weighted by molar-refractivity contribution is -0.199. The van der Waals surface area contributed by atoms with E-state index in [0.717, 1.165) is 12.0 Å². The molecule has 2 amide bonds. The van der Waals surface area contributed by atoms with Crippen molar-refractivity contribution in [1.29, 1.82) is 0 Å². The number of amides is 2. The predicted molar refractivity (Wildman–Crippen MR) is 172 cm³/mol. The molecule has 45 heavy (non-hydrogen) atoms. The summed E-state index contributed by atoms with van der Waals surface area (Å²) in [5, 5.41) is 14.9. The van der Waals surface area contributed by atoms with Gasteiger partial charge in [-0.2, -0.15) is 5.10 Å². The average molecular weight is 618 g/mol. The standard InChI is InChI=1S/C34H48BN5O5/c1-21(2)15-29(35-43-28-17-24-16-27(32(24,5)6)33(28,7)44-35)37-31(42)34(18-23-11-9-8-10-12-23)19-25(39-45-34)20-36-30(41)26-13-14-40(38-26)22(3)4/h8-14,21-22,24,27-29H,15-20H2,1-7H3,(H,36,41)(H,37,42)/t24-,27-,28+,29-,33-,34?/m0/s1. The molecule has 1 saturated heterocycles. The SMILES string of the molecule is CC(C)C[C@H](NC(=O)C1(Cc2ccccc2)CC(CNC(=O)c2ccn(C(C)C)n2)=NO1)B1O[C@@H]2C[C@@H]3C[C@@H](C3(C)C)[C@]2(C)O1. The molecule has 3 aliphatic carbocycles. The predicted octanol–water partition coefficient (Wildman–Crippen LogP) is 4.75. The van der Waals surface area contributed by atoms with Crippen molar-refractivity contribution in [3.8, 4) is 0 Å². The summed E-state index contributed by atoms with van der Waals surface area (Å²) in [7, 11) is -0.540. The van der Waals surface area contributed by atoms with Crippen LogP contribution in [0.3, 0.4) is 0 Å².